The minimum atomic E-state index is -0.421. The summed E-state index contributed by atoms with van der Waals surface area (Å²) in [5, 5.41) is 7.06. The Balaban J connectivity index is 0.791. The van der Waals surface area contributed by atoms with Gasteiger partial charge < -0.3 is 0 Å². The van der Waals surface area contributed by atoms with E-state index >= 15 is 0 Å². The first-order valence-electron chi connectivity index (χ1n) is 25.9. The van der Waals surface area contributed by atoms with E-state index < -0.39 is 5.41 Å². The highest BCUT2D eigenvalue weighted by molar-refractivity contribution is 7.26. The van der Waals surface area contributed by atoms with Gasteiger partial charge in [-0.2, -0.15) is 0 Å². The maximum Gasteiger partial charge on any atom is 0.164 e. The summed E-state index contributed by atoms with van der Waals surface area (Å²) < 4.78 is 2.42. The average molecular weight is 984 g/mol. The summed E-state index contributed by atoms with van der Waals surface area (Å²) >= 11 is 1.81. The van der Waals surface area contributed by atoms with Crippen LogP contribution in [0.15, 0.2) is 273 Å². The topological polar surface area (TPSA) is 38.7 Å². The fraction of sp³-hybridized carbons (Fsp3) is 0.0139. The smallest absolute Gasteiger partial charge is 0.164 e. The third-order valence-corrected chi connectivity index (χ3v) is 16.8. The Kier molecular flexibility index (Phi) is 10.3. The van der Waals surface area contributed by atoms with Crippen molar-refractivity contribution in [3.05, 3.63) is 295 Å². The zero-order chi connectivity index (χ0) is 50.2. The van der Waals surface area contributed by atoms with Crippen LogP contribution in [-0.2, 0) is 5.41 Å². The summed E-state index contributed by atoms with van der Waals surface area (Å²) in [5.74, 6) is 1.93. The van der Waals surface area contributed by atoms with Gasteiger partial charge in [0.1, 0.15) is 0 Å². The van der Waals surface area contributed by atoms with Gasteiger partial charge in [0.2, 0.25) is 0 Å². The van der Waals surface area contributed by atoms with Crippen molar-refractivity contribution in [3.8, 4) is 78.7 Å². The Labute approximate surface area is 444 Å². The van der Waals surface area contributed by atoms with Crippen LogP contribution in [0.25, 0.3) is 120 Å². The Morgan fingerprint density at radius 2 is 0.737 bits per heavy atom. The average Bonchev–Trinajstić information content (AvgIpc) is 4.10. The number of hydrogen-bond acceptors (Lipinski definition) is 4. The van der Waals surface area contributed by atoms with Gasteiger partial charge in [-0.1, -0.05) is 249 Å². The van der Waals surface area contributed by atoms with Crippen molar-refractivity contribution in [3.63, 3.8) is 0 Å². The highest BCUT2D eigenvalue weighted by atomic mass is 32.1. The van der Waals surface area contributed by atoms with E-state index in [0.29, 0.717) is 17.5 Å². The number of nitrogens with zero attached hydrogens (tertiary/aromatic N) is 3. The number of rotatable bonds is 8. The van der Waals surface area contributed by atoms with Crippen LogP contribution in [-0.4, -0.2) is 15.0 Å². The van der Waals surface area contributed by atoms with Gasteiger partial charge in [0, 0.05) is 36.9 Å². The second-order valence-electron chi connectivity index (χ2n) is 19.8. The van der Waals surface area contributed by atoms with Crippen LogP contribution in [0, 0.1) is 0 Å². The molecule has 0 saturated carbocycles. The van der Waals surface area contributed by atoms with E-state index in [0.717, 1.165) is 27.5 Å². The van der Waals surface area contributed by atoms with Crippen molar-refractivity contribution < 1.29 is 0 Å². The van der Waals surface area contributed by atoms with Crippen molar-refractivity contribution in [2.75, 3.05) is 0 Å². The minimum Gasteiger partial charge on any atom is -0.208 e. The predicted octanol–water partition coefficient (Wildman–Crippen LogP) is 18.9. The lowest BCUT2D eigenvalue weighted by molar-refractivity contribution is 0.768. The molecular weight excluding hydrogens is 939 g/mol. The fourth-order valence-corrected chi connectivity index (χ4v) is 13.3. The maximum absolute atomic E-state index is 5.32. The number of thiophene rings is 1. The van der Waals surface area contributed by atoms with E-state index in [1.54, 1.807) is 0 Å². The summed E-state index contributed by atoms with van der Waals surface area (Å²) in [6.07, 6.45) is 0. The largest absolute Gasteiger partial charge is 0.208 e. The highest BCUT2D eigenvalue weighted by Gasteiger charge is 2.45. The molecule has 15 rings (SSSR count). The molecule has 0 atom stereocenters. The number of hydrogen-bond donors (Lipinski definition) is 0. The van der Waals surface area contributed by atoms with Gasteiger partial charge in [-0.05, 0) is 113 Å². The summed E-state index contributed by atoms with van der Waals surface area (Å²) in [6, 6.07) is 99.0. The van der Waals surface area contributed by atoms with Gasteiger partial charge in [-0.25, -0.2) is 15.0 Å². The van der Waals surface area contributed by atoms with Crippen LogP contribution in [0.1, 0.15) is 22.3 Å². The van der Waals surface area contributed by atoms with Gasteiger partial charge >= 0.3 is 0 Å². The summed E-state index contributed by atoms with van der Waals surface area (Å²) in [6.45, 7) is 0. The molecule has 0 N–H and O–H groups in total. The SMILES string of the molecule is c1ccc(-c2nc(-c3ccc4c(ccc5cc(-c6ccc(C7(c8ccccc8)c8ccccc8-c8ccccc87)cc6)ccc54)c3)nc(-c3cccc4sc5cc(-c6ccccc6-c6ccccc6)ccc5c34)n2)cc1. The lowest BCUT2D eigenvalue weighted by Crippen LogP contribution is -2.28. The number of fused-ring (bicyclic) bond motifs is 9. The summed E-state index contributed by atoms with van der Waals surface area (Å²) in [4.78, 5) is 15.7. The van der Waals surface area contributed by atoms with Gasteiger partial charge in [0.25, 0.3) is 0 Å². The van der Waals surface area contributed by atoms with Crippen LogP contribution in [0.2, 0.25) is 0 Å². The number of aromatic nitrogens is 3. The van der Waals surface area contributed by atoms with E-state index in [1.165, 1.54) is 97.7 Å². The molecule has 0 saturated heterocycles. The zero-order valence-corrected chi connectivity index (χ0v) is 42.0. The van der Waals surface area contributed by atoms with E-state index in [9.17, 15) is 0 Å². The van der Waals surface area contributed by atoms with Crippen molar-refractivity contribution in [2.24, 2.45) is 0 Å². The fourth-order valence-electron chi connectivity index (χ4n) is 12.1. The first kappa shape index (κ1) is 43.9. The van der Waals surface area contributed by atoms with Gasteiger partial charge in [-0.15, -0.1) is 11.3 Å². The van der Waals surface area contributed by atoms with Crippen molar-refractivity contribution in [2.45, 2.75) is 5.41 Å². The lowest BCUT2D eigenvalue weighted by Gasteiger charge is -2.34. The molecule has 4 heteroatoms. The van der Waals surface area contributed by atoms with Crippen LogP contribution in [0.4, 0.5) is 0 Å². The Hall–Kier alpha value is -9.61. The van der Waals surface area contributed by atoms with Crippen LogP contribution in [0.5, 0.6) is 0 Å². The zero-order valence-electron chi connectivity index (χ0n) is 41.2. The van der Waals surface area contributed by atoms with Crippen LogP contribution >= 0.6 is 11.3 Å². The second kappa shape index (κ2) is 17.8. The molecular formula is C72H45N3S. The molecule has 1 aliphatic rings. The molecule has 0 spiro atoms. The molecule has 0 aliphatic heterocycles. The molecule has 2 heterocycles. The molecule has 354 valence electrons. The molecule has 3 nitrogen and oxygen atoms in total. The van der Waals surface area contributed by atoms with Crippen LogP contribution < -0.4 is 0 Å². The Bertz CT molecular complexity index is 4520. The van der Waals surface area contributed by atoms with Crippen molar-refractivity contribution in [1.29, 1.82) is 0 Å². The second-order valence-corrected chi connectivity index (χ2v) is 20.9. The molecule has 0 fully saturated rings. The van der Waals surface area contributed by atoms with E-state index in [1.807, 2.05) is 29.5 Å². The molecule has 12 aromatic carbocycles. The van der Waals surface area contributed by atoms with Crippen LogP contribution in [0.3, 0.4) is 0 Å². The molecule has 0 bridgehead atoms. The Morgan fingerprint density at radius 3 is 1.41 bits per heavy atom. The van der Waals surface area contributed by atoms with Crippen molar-refractivity contribution >= 4 is 53.1 Å². The molecule has 2 aromatic heterocycles. The monoisotopic (exact) mass is 983 g/mol. The first-order chi connectivity index (χ1) is 37.7. The standard InChI is InChI=1S/C72H45N3S/c1-4-17-47(18-5-1)56-23-10-11-24-57(56)52-36-42-62-67(45-52)76-66-30-16-27-63(68(62)66)71-74-69(48-19-6-2-7-20-48)73-70(75-71)53-37-41-59-51(44-53)32-31-50-43-49(35-40-58(50)59)46-33-38-55(39-34-46)72(54-21-8-3-9-22-54)64-28-14-12-25-60(64)61-26-13-15-29-65(61)72/h1-45H. The van der Waals surface area contributed by atoms with Gasteiger partial charge in [0.05, 0.1) is 5.41 Å². The quantitative estimate of drug-likeness (QED) is 0.142. The van der Waals surface area contributed by atoms with E-state index in [4.69, 9.17) is 15.0 Å². The first-order valence-corrected chi connectivity index (χ1v) is 26.7. The molecule has 0 radical (unpaired) electrons. The number of benzene rings is 12. The molecule has 1 aliphatic carbocycles. The maximum atomic E-state index is 5.32. The minimum absolute atomic E-state index is 0.421. The van der Waals surface area contributed by atoms with E-state index in [2.05, 4.69) is 255 Å². The Morgan fingerprint density at radius 1 is 0.263 bits per heavy atom. The highest BCUT2D eigenvalue weighted by Crippen LogP contribution is 2.56. The van der Waals surface area contributed by atoms with Crippen molar-refractivity contribution in [1.82, 2.24) is 15.0 Å². The summed E-state index contributed by atoms with van der Waals surface area (Å²) in [7, 11) is 0. The molecule has 14 aromatic rings. The third-order valence-electron chi connectivity index (χ3n) is 15.6. The summed E-state index contributed by atoms with van der Waals surface area (Å²) in [5.41, 5.74) is 17.4. The predicted molar refractivity (Wildman–Crippen MR) is 318 cm³/mol. The molecule has 0 amide bonds. The molecule has 0 unspecified atom stereocenters. The van der Waals surface area contributed by atoms with E-state index in [-0.39, 0.29) is 0 Å². The lowest BCUT2D eigenvalue weighted by atomic mass is 9.67. The van der Waals surface area contributed by atoms with Gasteiger partial charge in [0.15, 0.2) is 17.5 Å². The normalized spacial score (nSPS) is 12.6. The van der Waals surface area contributed by atoms with Gasteiger partial charge in [-0.3, -0.25) is 0 Å². The molecule has 76 heavy (non-hydrogen) atoms. The third kappa shape index (κ3) is 7.06.